The van der Waals surface area contributed by atoms with E-state index in [2.05, 4.69) is 43.8 Å². The summed E-state index contributed by atoms with van der Waals surface area (Å²) >= 11 is 6.70. The van der Waals surface area contributed by atoms with Crippen molar-refractivity contribution in [2.45, 2.75) is 0 Å². The molecule has 0 bridgehead atoms. The van der Waals surface area contributed by atoms with Crippen LogP contribution in [0.25, 0.3) is 6.08 Å². The quantitative estimate of drug-likeness (QED) is 0.370. The third kappa shape index (κ3) is 4.23. The second-order valence-corrected chi connectivity index (χ2v) is 7.50. The van der Waals surface area contributed by atoms with Gasteiger partial charge in [0.1, 0.15) is 17.9 Å². The third-order valence-corrected chi connectivity index (χ3v) is 4.90. The van der Waals surface area contributed by atoms with Gasteiger partial charge in [0.2, 0.25) is 0 Å². The SMILES string of the molecule is C=CCOc1ccc(/C=C2\C(=O)NC(=O)N(c3cccc(Br)c3)C2=O)cc1Br. The van der Waals surface area contributed by atoms with Crippen LogP contribution < -0.4 is 15.0 Å². The van der Waals surface area contributed by atoms with Gasteiger partial charge in [-0.3, -0.25) is 14.9 Å². The standard InChI is InChI=1S/C20H14Br2N2O4/c1-2-8-28-17-7-6-12(10-16(17)22)9-15-18(25)23-20(27)24(19(15)26)14-5-3-4-13(21)11-14/h2-7,9-11H,1,8H2,(H,23,25,27)/b15-9+. The number of imide groups is 2. The van der Waals surface area contributed by atoms with Gasteiger partial charge in [-0.15, -0.1) is 0 Å². The van der Waals surface area contributed by atoms with Crippen LogP contribution in [0.4, 0.5) is 10.5 Å². The Balaban J connectivity index is 1.95. The molecule has 4 amide bonds. The van der Waals surface area contributed by atoms with Crippen LogP contribution in [-0.2, 0) is 9.59 Å². The van der Waals surface area contributed by atoms with E-state index in [1.807, 2.05) is 0 Å². The zero-order valence-corrected chi connectivity index (χ0v) is 17.6. The van der Waals surface area contributed by atoms with Crippen LogP contribution in [0.2, 0.25) is 0 Å². The minimum Gasteiger partial charge on any atom is -0.488 e. The van der Waals surface area contributed by atoms with Crippen molar-refractivity contribution in [3.63, 3.8) is 0 Å². The van der Waals surface area contributed by atoms with Crippen LogP contribution in [0.1, 0.15) is 5.56 Å². The number of carbonyl (C=O) groups is 3. The average Bonchev–Trinajstić information content (AvgIpc) is 2.64. The van der Waals surface area contributed by atoms with Gasteiger partial charge < -0.3 is 4.74 Å². The number of barbiturate groups is 1. The van der Waals surface area contributed by atoms with Crippen molar-refractivity contribution >= 4 is 61.5 Å². The monoisotopic (exact) mass is 504 g/mol. The molecule has 0 radical (unpaired) electrons. The molecular formula is C20H14Br2N2O4. The molecule has 1 N–H and O–H groups in total. The molecule has 2 aromatic carbocycles. The molecule has 6 nitrogen and oxygen atoms in total. The predicted molar refractivity (Wildman–Crippen MR) is 113 cm³/mol. The number of hydrogen-bond donors (Lipinski definition) is 1. The lowest BCUT2D eigenvalue weighted by atomic mass is 10.1. The van der Waals surface area contributed by atoms with E-state index in [1.54, 1.807) is 48.5 Å². The molecule has 28 heavy (non-hydrogen) atoms. The van der Waals surface area contributed by atoms with E-state index in [4.69, 9.17) is 4.74 Å². The Kier molecular flexibility index (Phi) is 6.11. The maximum Gasteiger partial charge on any atom is 0.335 e. The molecule has 1 aliphatic heterocycles. The first-order chi connectivity index (χ1) is 13.4. The van der Waals surface area contributed by atoms with Crippen molar-refractivity contribution < 1.29 is 19.1 Å². The molecule has 0 spiro atoms. The molecule has 1 aliphatic rings. The Morgan fingerprint density at radius 2 is 1.89 bits per heavy atom. The second kappa shape index (κ2) is 8.53. The highest BCUT2D eigenvalue weighted by atomic mass is 79.9. The van der Waals surface area contributed by atoms with Crippen molar-refractivity contribution in [1.29, 1.82) is 0 Å². The van der Waals surface area contributed by atoms with E-state index in [0.29, 0.717) is 32.6 Å². The Bertz CT molecular complexity index is 1020. The van der Waals surface area contributed by atoms with Gasteiger partial charge >= 0.3 is 6.03 Å². The number of anilines is 1. The summed E-state index contributed by atoms with van der Waals surface area (Å²) in [7, 11) is 0. The van der Waals surface area contributed by atoms with Crippen LogP contribution >= 0.6 is 31.9 Å². The summed E-state index contributed by atoms with van der Waals surface area (Å²) in [5.41, 5.74) is 0.802. The highest BCUT2D eigenvalue weighted by Gasteiger charge is 2.36. The number of amides is 4. The van der Waals surface area contributed by atoms with Crippen LogP contribution in [0, 0.1) is 0 Å². The highest BCUT2D eigenvalue weighted by Crippen LogP contribution is 2.28. The molecule has 1 fully saturated rings. The first-order valence-electron chi connectivity index (χ1n) is 8.11. The lowest BCUT2D eigenvalue weighted by Crippen LogP contribution is -2.54. The number of hydrogen-bond acceptors (Lipinski definition) is 4. The summed E-state index contributed by atoms with van der Waals surface area (Å²) in [6.45, 7) is 3.94. The minimum atomic E-state index is -0.792. The van der Waals surface area contributed by atoms with E-state index in [0.717, 1.165) is 4.90 Å². The molecule has 1 saturated heterocycles. The maximum atomic E-state index is 12.9. The Labute approximate surface area is 178 Å². The van der Waals surface area contributed by atoms with Crippen molar-refractivity contribution in [3.8, 4) is 5.75 Å². The number of ether oxygens (including phenoxy) is 1. The van der Waals surface area contributed by atoms with Crippen LogP contribution in [-0.4, -0.2) is 24.5 Å². The molecule has 2 aromatic rings. The van der Waals surface area contributed by atoms with Crippen molar-refractivity contribution in [3.05, 3.63) is 75.2 Å². The maximum absolute atomic E-state index is 12.9. The fourth-order valence-corrected chi connectivity index (χ4v) is 3.44. The van der Waals surface area contributed by atoms with Gasteiger partial charge in [-0.1, -0.05) is 40.7 Å². The third-order valence-electron chi connectivity index (χ3n) is 3.79. The summed E-state index contributed by atoms with van der Waals surface area (Å²) in [6.07, 6.45) is 3.05. The zero-order valence-electron chi connectivity index (χ0n) is 14.4. The van der Waals surface area contributed by atoms with Crippen molar-refractivity contribution in [2.75, 3.05) is 11.5 Å². The highest BCUT2D eigenvalue weighted by molar-refractivity contribution is 9.10. The topological polar surface area (TPSA) is 75.7 Å². The summed E-state index contributed by atoms with van der Waals surface area (Å²) in [5, 5.41) is 2.20. The molecule has 142 valence electrons. The molecule has 0 aliphatic carbocycles. The number of urea groups is 1. The average molecular weight is 506 g/mol. The van der Waals surface area contributed by atoms with E-state index in [1.165, 1.54) is 6.08 Å². The summed E-state index contributed by atoms with van der Waals surface area (Å²) in [6, 6.07) is 11.0. The van der Waals surface area contributed by atoms with Gasteiger partial charge in [0.05, 0.1) is 10.2 Å². The van der Waals surface area contributed by atoms with Gasteiger partial charge in [0.25, 0.3) is 11.8 Å². The van der Waals surface area contributed by atoms with Crippen LogP contribution in [0.15, 0.2) is 69.6 Å². The summed E-state index contributed by atoms with van der Waals surface area (Å²) in [5.74, 6) is -0.841. The van der Waals surface area contributed by atoms with Gasteiger partial charge in [-0.25, -0.2) is 9.69 Å². The van der Waals surface area contributed by atoms with Gasteiger partial charge in [-0.05, 0) is 57.9 Å². The van der Waals surface area contributed by atoms with E-state index >= 15 is 0 Å². The van der Waals surface area contributed by atoms with E-state index in [-0.39, 0.29) is 5.57 Å². The molecule has 1 heterocycles. The zero-order chi connectivity index (χ0) is 20.3. The Hall–Kier alpha value is -2.71. The molecule has 3 rings (SSSR count). The number of rotatable bonds is 5. The first-order valence-corrected chi connectivity index (χ1v) is 9.69. The molecule has 0 saturated carbocycles. The minimum absolute atomic E-state index is 0.147. The Morgan fingerprint density at radius 3 is 2.57 bits per heavy atom. The van der Waals surface area contributed by atoms with Crippen LogP contribution in [0.5, 0.6) is 5.75 Å². The van der Waals surface area contributed by atoms with Crippen molar-refractivity contribution in [2.24, 2.45) is 0 Å². The molecule has 8 heteroatoms. The Morgan fingerprint density at radius 1 is 1.11 bits per heavy atom. The number of nitrogens with zero attached hydrogens (tertiary/aromatic N) is 1. The first kappa shape index (κ1) is 20.0. The second-order valence-electron chi connectivity index (χ2n) is 5.73. The van der Waals surface area contributed by atoms with Gasteiger partial charge in [-0.2, -0.15) is 0 Å². The number of benzene rings is 2. The van der Waals surface area contributed by atoms with Crippen LogP contribution in [0.3, 0.4) is 0 Å². The summed E-state index contributed by atoms with van der Waals surface area (Å²) < 4.78 is 6.84. The van der Waals surface area contributed by atoms with E-state index < -0.39 is 17.8 Å². The lowest BCUT2D eigenvalue weighted by molar-refractivity contribution is -0.122. The lowest BCUT2D eigenvalue weighted by Gasteiger charge is -2.26. The number of nitrogens with one attached hydrogen (secondary N) is 1. The van der Waals surface area contributed by atoms with E-state index in [9.17, 15) is 14.4 Å². The number of carbonyl (C=O) groups excluding carboxylic acids is 3. The van der Waals surface area contributed by atoms with Gasteiger partial charge in [0, 0.05) is 4.47 Å². The normalized spacial score (nSPS) is 15.6. The number of halogens is 2. The van der Waals surface area contributed by atoms with Crippen molar-refractivity contribution in [1.82, 2.24) is 5.32 Å². The predicted octanol–water partition coefficient (Wildman–Crippen LogP) is 4.44. The largest absolute Gasteiger partial charge is 0.488 e. The summed E-state index contributed by atoms with van der Waals surface area (Å²) in [4.78, 5) is 38.3. The fourth-order valence-electron chi connectivity index (χ4n) is 2.55. The van der Waals surface area contributed by atoms with Gasteiger partial charge in [0.15, 0.2) is 0 Å². The fraction of sp³-hybridized carbons (Fsp3) is 0.0500. The smallest absolute Gasteiger partial charge is 0.335 e. The molecule has 0 unspecified atom stereocenters. The molecular weight excluding hydrogens is 492 g/mol. The molecule has 0 aromatic heterocycles. The molecule has 0 atom stereocenters.